The molecule has 1 aromatic rings. The van der Waals surface area contributed by atoms with E-state index in [9.17, 15) is 13.2 Å². The first-order chi connectivity index (χ1) is 14.3. The van der Waals surface area contributed by atoms with Gasteiger partial charge in [0, 0.05) is 32.7 Å². The van der Waals surface area contributed by atoms with Crippen LogP contribution in [-0.4, -0.2) is 63.5 Å². The molecular formula is C21H34F3IN4O2. The van der Waals surface area contributed by atoms with Gasteiger partial charge in [-0.3, -0.25) is 4.99 Å². The molecule has 2 N–H and O–H groups in total. The number of benzene rings is 1. The molecular weight excluding hydrogens is 524 g/mol. The molecule has 0 radical (unpaired) electrons. The van der Waals surface area contributed by atoms with Crippen molar-refractivity contribution < 1.29 is 22.6 Å². The highest BCUT2D eigenvalue weighted by Gasteiger charge is 2.29. The van der Waals surface area contributed by atoms with Crippen LogP contribution in [0.1, 0.15) is 38.2 Å². The molecule has 0 amide bonds. The maximum Gasteiger partial charge on any atom is 0.422 e. The molecule has 1 fully saturated rings. The molecule has 2 rings (SSSR count). The first kappa shape index (κ1) is 27.6. The zero-order valence-corrected chi connectivity index (χ0v) is 20.8. The summed E-state index contributed by atoms with van der Waals surface area (Å²) < 4.78 is 47.0. The number of halogens is 4. The zero-order chi connectivity index (χ0) is 22.0. The Morgan fingerprint density at radius 3 is 2.65 bits per heavy atom. The van der Waals surface area contributed by atoms with E-state index < -0.39 is 12.8 Å². The van der Waals surface area contributed by atoms with Crippen molar-refractivity contribution >= 4 is 29.9 Å². The van der Waals surface area contributed by atoms with Crippen molar-refractivity contribution in [2.75, 3.05) is 40.4 Å². The minimum atomic E-state index is -4.39. The Bertz CT molecular complexity index is 689. The molecule has 1 aliphatic heterocycles. The van der Waals surface area contributed by atoms with Crippen LogP contribution in [0.25, 0.3) is 0 Å². The third-order valence-electron chi connectivity index (χ3n) is 5.16. The fourth-order valence-electron chi connectivity index (χ4n) is 3.49. The number of hydrogen-bond acceptors (Lipinski definition) is 4. The lowest BCUT2D eigenvalue weighted by Crippen LogP contribution is -2.41. The first-order valence-corrected chi connectivity index (χ1v) is 10.4. The molecule has 0 saturated carbocycles. The molecule has 0 bridgehead atoms. The minimum Gasteiger partial charge on any atom is -0.493 e. The average Bonchev–Trinajstić information content (AvgIpc) is 2.72. The van der Waals surface area contributed by atoms with Gasteiger partial charge in [0.1, 0.15) is 0 Å². The van der Waals surface area contributed by atoms with Gasteiger partial charge in [-0.1, -0.05) is 12.5 Å². The van der Waals surface area contributed by atoms with E-state index in [4.69, 9.17) is 9.47 Å². The van der Waals surface area contributed by atoms with E-state index in [1.807, 2.05) is 0 Å². The number of aliphatic imine (C=N–C) groups is 1. The molecule has 1 saturated heterocycles. The highest BCUT2D eigenvalue weighted by molar-refractivity contribution is 14.0. The Morgan fingerprint density at radius 1 is 1.23 bits per heavy atom. The molecule has 178 valence electrons. The topological polar surface area (TPSA) is 58.1 Å². The van der Waals surface area contributed by atoms with Crippen molar-refractivity contribution in [2.24, 2.45) is 4.99 Å². The highest BCUT2D eigenvalue weighted by Crippen LogP contribution is 2.29. The molecule has 31 heavy (non-hydrogen) atoms. The van der Waals surface area contributed by atoms with E-state index in [1.54, 1.807) is 19.2 Å². The van der Waals surface area contributed by atoms with Crippen LogP contribution < -0.4 is 20.1 Å². The Balaban J connectivity index is 0.00000480. The van der Waals surface area contributed by atoms with Gasteiger partial charge in [0.15, 0.2) is 24.1 Å². The summed E-state index contributed by atoms with van der Waals surface area (Å²) in [6.45, 7) is 4.46. The molecule has 0 aromatic heterocycles. The zero-order valence-electron chi connectivity index (χ0n) is 18.4. The second kappa shape index (κ2) is 13.9. The third-order valence-corrected chi connectivity index (χ3v) is 5.16. The van der Waals surface area contributed by atoms with Gasteiger partial charge >= 0.3 is 6.18 Å². The van der Waals surface area contributed by atoms with E-state index in [0.29, 0.717) is 18.5 Å². The van der Waals surface area contributed by atoms with Gasteiger partial charge in [-0.2, -0.15) is 13.2 Å². The second-order valence-electron chi connectivity index (χ2n) is 7.48. The molecule has 0 aliphatic carbocycles. The smallest absolute Gasteiger partial charge is 0.422 e. The summed E-state index contributed by atoms with van der Waals surface area (Å²) in [5.41, 5.74) is 0.844. The van der Waals surface area contributed by atoms with Crippen molar-refractivity contribution in [2.45, 2.75) is 51.4 Å². The maximum atomic E-state index is 12.4. The fourth-order valence-corrected chi connectivity index (χ4v) is 3.49. The highest BCUT2D eigenvalue weighted by atomic mass is 127. The average molecular weight is 558 g/mol. The standard InChI is InChI=1S/C21H33F3N4O2.HI/c1-16-7-4-5-11-28(16)12-6-10-26-20(25-2)27-14-17-8-9-18(19(13-17)29-3)30-15-21(22,23)24;/h8-9,13,16H,4-7,10-12,14-15H2,1-3H3,(H2,25,26,27);1H. The van der Waals surface area contributed by atoms with E-state index >= 15 is 0 Å². The number of alkyl halides is 3. The second-order valence-corrected chi connectivity index (χ2v) is 7.48. The van der Waals surface area contributed by atoms with Gasteiger partial charge in [0.05, 0.1) is 7.11 Å². The quantitative estimate of drug-likeness (QED) is 0.206. The van der Waals surface area contributed by atoms with Crippen LogP contribution in [0.15, 0.2) is 23.2 Å². The Labute approximate surface area is 200 Å². The Hall–Kier alpha value is -1.43. The van der Waals surface area contributed by atoms with Gasteiger partial charge in [-0.25, -0.2) is 0 Å². The normalized spacial score (nSPS) is 17.6. The number of likely N-dealkylation sites (tertiary alicyclic amines) is 1. The van der Waals surface area contributed by atoms with Crippen LogP contribution in [0.2, 0.25) is 0 Å². The molecule has 6 nitrogen and oxygen atoms in total. The van der Waals surface area contributed by atoms with Crippen LogP contribution in [-0.2, 0) is 6.54 Å². The van der Waals surface area contributed by atoms with Crippen LogP contribution in [0, 0.1) is 0 Å². The van der Waals surface area contributed by atoms with Crippen molar-refractivity contribution in [3.05, 3.63) is 23.8 Å². The van der Waals surface area contributed by atoms with Gasteiger partial charge in [0.2, 0.25) is 0 Å². The predicted octanol–water partition coefficient (Wildman–Crippen LogP) is 4.18. The van der Waals surface area contributed by atoms with Crippen molar-refractivity contribution in [3.63, 3.8) is 0 Å². The number of guanidine groups is 1. The number of nitrogens with one attached hydrogen (secondary N) is 2. The largest absolute Gasteiger partial charge is 0.493 e. The Morgan fingerprint density at radius 2 is 2.00 bits per heavy atom. The lowest BCUT2D eigenvalue weighted by atomic mass is 10.0. The van der Waals surface area contributed by atoms with E-state index in [-0.39, 0.29) is 35.5 Å². The number of methoxy groups -OCH3 is 1. The minimum absolute atomic E-state index is 0. The van der Waals surface area contributed by atoms with Crippen LogP contribution in [0.3, 0.4) is 0 Å². The summed E-state index contributed by atoms with van der Waals surface area (Å²) in [4.78, 5) is 6.76. The fraction of sp³-hybridized carbons (Fsp3) is 0.667. The van der Waals surface area contributed by atoms with E-state index in [1.165, 1.54) is 39.0 Å². The van der Waals surface area contributed by atoms with Crippen LogP contribution in [0.4, 0.5) is 13.2 Å². The lowest BCUT2D eigenvalue weighted by Gasteiger charge is -2.33. The summed E-state index contributed by atoms with van der Waals surface area (Å²) >= 11 is 0. The van der Waals surface area contributed by atoms with Crippen LogP contribution in [0.5, 0.6) is 11.5 Å². The Kier molecular flexibility index (Phi) is 12.3. The van der Waals surface area contributed by atoms with Crippen LogP contribution >= 0.6 is 24.0 Å². The summed E-state index contributed by atoms with van der Waals surface area (Å²) in [5, 5.41) is 6.51. The predicted molar refractivity (Wildman–Crippen MR) is 128 cm³/mol. The van der Waals surface area contributed by atoms with Crippen molar-refractivity contribution in [1.82, 2.24) is 15.5 Å². The van der Waals surface area contributed by atoms with Gasteiger partial charge in [-0.15, -0.1) is 24.0 Å². The molecule has 1 unspecified atom stereocenters. The summed E-state index contributed by atoms with van der Waals surface area (Å²) in [6, 6.07) is 5.50. The monoisotopic (exact) mass is 558 g/mol. The number of nitrogens with zero attached hydrogens (tertiary/aromatic N) is 2. The molecule has 1 atom stereocenters. The lowest BCUT2D eigenvalue weighted by molar-refractivity contribution is -0.153. The molecule has 10 heteroatoms. The number of hydrogen-bond donors (Lipinski definition) is 2. The van der Waals surface area contributed by atoms with E-state index in [0.717, 1.165) is 25.1 Å². The molecule has 1 heterocycles. The molecule has 1 aromatic carbocycles. The maximum absolute atomic E-state index is 12.4. The molecule has 0 spiro atoms. The van der Waals surface area contributed by atoms with Gasteiger partial charge < -0.3 is 25.0 Å². The van der Waals surface area contributed by atoms with Gasteiger partial charge in [-0.05, 0) is 50.4 Å². The summed E-state index contributed by atoms with van der Waals surface area (Å²) in [7, 11) is 3.10. The number of piperidine rings is 1. The number of ether oxygens (including phenoxy) is 2. The van der Waals surface area contributed by atoms with E-state index in [2.05, 4.69) is 27.4 Å². The SMILES string of the molecule is CN=C(NCCCN1CCCCC1C)NCc1ccc(OCC(F)(F)F)c(OC)c1.I. The summed E-state index contributed by atoms with van der Waals surface area (Å²) in [6.07, 6.45) is 0.525. The summed E-state index contributed by atoms with van der Waals surface area (Å²) in [5.74, 6) is 1.00. The molecule has 1 aliphatic rings. The van der Waals surface area contributed by atoms with Crippen molar-refractivity contribution in [1.29, 1.82) is 0 Å². The first-order valence-electron chi connectivity index (χ1n) is 10.4. The third kappa shape index (κ3) is 10.2. The van der Waals surface area contributed by atoms with Crippen molar-refractivity contribution in [3.8, 4) is 11.5 Å². The number of rotatable bonds is 9. The van der Waals surface area contributed by atoms with Gasteiger partial charge in [0.25, 0.3) is 0 Å².